The fraction of sp³-hybridized carbons (Fsp3) is 0.304. The number of piperazine rings is 1. The number of carbonyl (C=O) groups excluding carboxylic acids is 1. The van der Waals surface area contributed by atoms with Gasteiger partial charge in [-0.15, -0.1) is 10.2 Å². The van der Waals surface area contributed by atoms with Crippen molar-refractivity contribution in [1.29, 1.82) is 0 Å². The van der Waals surface area contributed by atoms with E-state index in [0.29, 0.717) is 18.9 Å². The minimum absolute atomic E-state index is 0.241. The van der Waals surface area contributed by atoms with Crippen LogP contribution in [0.5, 0.6) is 0 Å². The zero-order chi connectivity index (χ0) is 21.2. The molecule has 0 atom stereocenters. The quantitative estimate of drug-likeness (QED) is 0.487. The zero-order valence-corrected chi connectivity index (χ0v) is 17.5. The van der Waals surface area contributed by atoms with Crippen LogP contribution in [0.2, 0.25) is 0 Å². The SMILES string of the molecule is CCn1c(C(=O)NCc2nc3ccccc3c3ccccc23)nnc1N1CCNCC1. The molecule has 2 aromatic heterocycles. The molecule has 0 radical (unpaired) electrons. The Labute approximate surface area is 180 Å². The van der Waals surface area contributed by atoms with Crippen LogP contribution in [0.1, 0.15) is 23.2 Å². The van der Waals surface area contributed by atoms with E-state index in [2.05, 4.69) is 37.9 Å². The number of rotatable bonds is 5. The molecule has 8 heteroatoms. The van der Waals surface area contributed by atoms with Crippen LogP contribution >= 0.6 is 0 Å². The van der Waals surface area contributed by atoms with Gasteiger partial charge in [0.1, 0.15) is 0 Å². The Morgan fingerprint density at radius 3 is 2.48 bits per heavy atom. The normalized spacial score (nSPS) is 14.3. The monoisotopic (exact) mass is 415 g/mol. The number of hydrogen-bond donors (Lipinski definition) is 2. The summed E-state index contributed by atoms with van der Waals surface area (Å²) >= 11 is 0. The molecule has 1 amide bonds. The summed E-state index contributed by atoms with van der Waals surface area (Å²) in [7, 11) is 0. The summed E-state index contributed by atoms with van der Waals surface area (Å²) < 4.78 is 1.88. The van der Waals surface area contributed by atoms with Crippen molar-refractivity contribution in [2.24, 2.45) is 0 Å². The standard InChI is InChI=1S/C23H25N7O/c1-2-30-21(27-28-23(30)29-13-11-24-12-14-29)22(31)25-15-20-18-9-4-3-7-16(18)17-8-5-6-10-19(17)26-20/h3-10,24H,2,11-15H2,1H3,(H,25,31). The largest absolute Gasteiger partial charge is 0.344 e. The number of pyridine rings is 1. The van der Waals surface area contributed by atoms with Crippen molar-refractivity contribution in [3.05, 3.63) is 60.0 Å². The highest BCUT2D eigenvalue weighted by atomic mass is 16.2. The summed E-state index contributed by atoms with van der Waals surface area (Å²) in [6.07, 6.45) is 0. The third-order valence-electron chi connectivity index (χ3n) is 5.75. The van der Waals surface area contributed by atoms with Gasteiger partial charge in [0.25, 0.3) is 5.91 Å². The van der Waals surface area contributed by atoms with Gasteiger partial charge >= 0.3 is 0 Å². The number of anilines is 1. The fourth-order valence-electron chi connectivity index (χ4n) is 4.20. The third-order valence-corrected chi connectivity index (χ3v) is 5.75. The summed E-state index contributed by atoms with van der Waals surface area (Å²) in [6, 6.07) is 16.2. The molecular formula is C23H25N7O. The van der Waals surface area contributed by atoms with Crippen LogP contribution in [-0.2, 0) is 13.1 Å². The Balaban J connectivity index is 1.42. The second kappa shape index (κ2) is 8.31. The molecular weight excluding hydrogens is 390 g/mol. The van der Waals surface area contributed by atoms with E-state index in [1.165, 1.54) is 0 Å². The van der Waals surface area contributed by atoms with E-state index in [-0.39, 0.29) is 5.91 Å². The number of nitrogens with one attached hydrogen (secondary N) is 2. The molecule has 0 bridgehead atoms. The average Bonchev–Trinajstić information content (AvgIpc) is 3.27. The van der Waals surface area contributed by atoms with Crippen molar-refractivity contribution in [1.82, 2.24) is 30.4 Å². The van der Waals surface area contributed by atoms with Crippen LogP contribution in [0.25, 0.3) is 21.7 Å². The number of benzene rings is 2. The summed E-state index contributed by atoms with van der Waals surface area (Å²) in [5.41, 5.74) is 1.76. The highest BCUT2D eigenvalue weighted by molar-refractivity contribution is 6.06. The number of fused-ring (bicyclic) bond motifs is 3. The molecule has 158 valence electrons. The molecule has 2 aromatic carbocycles. The Bertz CT molecular complexity index is 1240. The molecule has 1 aliphatic rings. The van der Waals surface area contributed by atoms with Crippen molar-refractivity contribution < 1.29 is 4.79 Å². The average molecular weight is 416 g/mol. The lowest BCUT2D eigenvalue weighted by atomic mass is 10.0. The maximum Gasteiger partial charge on any atom is 0.289 e. The van der Waals surface area contributed by atoms with Gasteiger partial charge in [-0.25, -0.2) is 0 Å². The van der Waals surface area contributed by atoms with Gasteiger partial charge in [-0.1, -0.05) is 42.5 Å². The van der Waals surface area contributed by atoms with E-state index in [4.69, 9.17) is 4.98 Å². The maximum absolute atomic E-state index is 13.0. The highest BCUT2D eigenvalue weighted by Gasteiger charge is 2.23. The molecule has 1 saturated heterocycles. The van der Waals surface area contributed by atoms with Gasteiger partial charge in [-0.05, 0) is 18.4 Å². The highest BCUT2D eigenvalue weighted by Crippen LogP contribution is 2.26. The lowest BCUT2D eigenvalue weighted by molar-refractivity contribution is 0.0935. The van der Waals surface area contributed by atoms with Gasteiger partial charge in [0.2, 0.25) is 11.8 Å². The molecule has 0 saturated carbocycles. The van der Waals surface area contributed by atoms with Crippen LogP contribution in [0.4, 0.5) is 5.95 Å². The maximum atomic E-state index is 13.0. The van der Waals surface area contributed by atoms with Crippen LogP contribution in [-0.4, -0.2) is 51.8 Å². The second-order valence-corrected chi connectivity index (χ2v) is 7.61. The lowest BCUT2D eigenvalue weighted by Crippen LogP contribution is -2.44. The van der Waals surface area contributed by atoms with E-state index in [0.717, 1.165) is 59.5 Å². The van der Waals surface area contributed by atoms with E-state index in [1.54, 1.807) is 0 Å². The van der Waals surface area contributed by atoms with Gasteiger partial charge in [-0.2, -0.15) is 0 Å². The number of aromatic nitrogens is 4. The van der Waals surface area contributed by atoms with Gasteiger partial charge in [0, 0.05) is 43.5 Å². The smallest absolute Gasteiger partial charge is 0.289 e. The van der Waals surface area contributed by atoms with Gasteiger partial charge in [-0.3, -0.25) is 14.3 Å². The van der Waals surface area contributed by atoms with E-state index >= 15 is 0 Å². The topological polar surface area (TPSA) is 88.0 Å². The van der Waals surface area contributed by atoms with E-state index < -0.39 is 0 Å². The number of nitrogens with zero attached hydrogens (tertiary/aromatic N) is 5. The zero-order valence-electron chi connectivity index (χ0n) is 17.5. The summed E-state index contributed by atoms with van der Waals surface area (Å²) in [5.74, 6) is 0.847. The Hall–Kier alpha value is -3.52. The van der Waals surface area contributed by atoms with Crippen LogP contribution in [0, 0.1) is 0 Å². The Morgan fingerprint density at radius 2 is 1.71 bits per heavy atom. The number of carbonyl (C=O) groups is 1. The summed E-state index contributed by atoms with van der Waals surface area (Å²) in [5, 5.41) is 18.1. The molecule has 3 heterocycles. The van der Waals surface area contributed by atoms with Crippen LogP contribution in [0.15, 0.2) is 48.5 Å². The molecule has 2 N–H and O–H groups in total. The number of hydrogen-bond acceptors (Lipinski definition) is 6. The Morgan fingerprint density at radius 1 is 1.00 bits per heavy atom. The predicted octanol–water partition coefficient (Wildman–Crippen LogP) is 2.34. The number of amides is 1. The molecule has 31 heavy (non-hydrogen) atoms. The fourth-order valence-corrected chi connectivity index (χ4v) is 4.20. The first-order chi connectivity index (χ1) is 15.3. The van der Waals surface area contributed by atoms with Gasteiger partial charge in [0.05, 0.1) is 17.8 Å². The molecule has 0 unspecified atom stereocenters. The number of para-hydroxylation sites is 1. The lowest BCUT2D eigenvalue weighted by Gasteiger charge is -2.28. The molecule has 1 fully saturated rings. The van der Waals surface area contributed by atoms with Gasteiger partial charge < -0.3 is 15.5 Å². The van der Waals surface area contributed by atoms with Crippen molar-refractivity contribution in [2.75, 3.05) is 31.1 Å². The van der Waals surface area contributed by atoms with Crippen molar-refractivity contribution >= 4 is 33.5 Å². The van der Waals surface area contributed by atoms with Crippen LogP contribution in [0.3, 0.4) is 0 Å². The minimum Gasteiger partial charge on any atom is -0.344 e. The Kier molecular flexibility index (Phi) is 5.21. The van der Waals surface area contributed by atoms with E-state index in [1.807, 2.05) is 47.9 Å². The predicted molar refractivity (Wildman–Crippen MR) is 121 cm³/mol. The molecule has 0 spiro atoms. The first-order valence-corrected chi connectivity index (χ1v) is 10.7. The molecule has 5 rings (SSSR count). The summed E-state index contributed by atoms with van der Waals surface area (Å²) in [6.45, 7) is 6.47. The minimum atomic E-state index is -0.241. The van der Waals surface area contributed by atoms with E-state index in [9.17, 15) is 4.79 Å². The van der Waals surface area contributed by atoms with Crippen molar-refractivity contribution in [3.63, 3.8) is 0 Å². The molecule has 8 nitrogen and oxygen atoms in total. The molecule has 4 aromatic rings. The van der Waals surface area contributed by atoms with Crippen LogP contribution < -0.4 is 15.5 Å². The van der Waals surface area contributed by atoms with Crippen molar-refractivity contribution in [2.45, 2.75) is 20.0 Å². The van der Waals surface area contributed by atoms with Gasteiger partial charge in [0.15, 0.2) is 0 Å². The third kappa shape index (κ3) is 3.59. The summed E-state index contributed by atoms with van der Waals surface area (Å²) in [4.78, 5) is 20.0. The second-order valence-electron chi connectivity index (χ2n) is 7.61. The van der Waals surface area contributed by atoms with Crippen molar-refractivity contribution in [3.8, 4) is 0 Å². The first kappa shape index (κ1) is 19.4. The molecule has 1 aliphatic heterocycles. The molecule has 0 aliphatic carbocycles. The first-order valence-electron chi connectivity index (χ1n) is 10.7.